The molecule has 0 unspecified atom stereocenters. The van der Waals surface area contributed by atoms with E-state index in [-0.39, 0.29) is 17.3 Å². The number of nitrogens with two attached hydrogens (primary N) is 1. The Morgan fingerprint density at radius 3 is 2.76 bits per heavy atom. The predicted molar refractivity (Wildman–Crippen MR) is 124 cm³/mol. The van der Waals surface area contributed by atoms with Gasteiger partial charge in [0, 0.05) is 11.1 Å². The van der Waals surface area contributed by atoms with Crippen LogP contribution in [0.25, 0.3) is 17.1 Å². The highest BCUT2D eigenvalue weighted by Gasteiger charge is 2.26. The van der Waals surface area contributed by atoms with Crippen molar-refractivity contribution in [3.63, 3.8) is 0 Å². The van der Waals surface area contributed by atoms with Gasteiger partial charge in [-0.3, -0.25) is 4.79 Å². The molecule has 1 amide bonds. The van der Waals surface area contributed by atoms with E-state index in [1.54, 1.807) is 12.1 Å². The quantitative estimate of drug-likeness (QED) is 0.402. The smallest absolute Gasteiger partial charge is 0.294 e. The number of benzene rings is 2. The van der Waals surface area contributed by atoms with E-state index in [0.29, 0.717) is 23.6 Å². The molecular formula is C23H22N8O3. The molecule has 1 aliphatic carbocycles. The first-order chi connectivity index (χ1) is 16.7. The summed E-state index contributed by atoms with van der Waals surface area (Å²) >= 11 is 0. The highest BCUT2D eigenvalue weighted by molar-refractivity contribution is 6.06. The summed E-state index contributed by atoms with van der Waals surface area (Å²) in [5, 5.41) is 19.9. The Labute approximate surface area is 194 Å². The summed E-state index contributed by atoms with van der Waals surface area (Å²) in [5.74, 6) is 0.344. The van der Waals surface area contributed by atoms with Gasteiger partial charge < -0.3 is 10.5 Å². The summed E-state index contributed by atoms with van der Waals surface area (Å²) in [4.78, 5) is 13.1. The largest absolute Gasteiger partial charge is 0.494 e. The first kappa shape index (κ1) is 21.3. The molecule has 11 heteroatoms. The molecule has 0 atom stereocenters. The van der Waals surface area contributed by atoms with Crippen molar-refractivity contribution in [1.82, 2.24) is 30.7 Å². The van der Waals surface area contributed by atoms with Crippen LogP contribution >= 0.6 is 0 Å². The van der Waals surface area contributed by atoms with Crippen LogP contribution < -0.4 is 15.9 Å². The van der Waals surface area contributed by atoms with Gasteiger partial charge in [0.1, 0.15) is 11.4 Å². The molecule has 0 fully saturated rings. The van der Waals surface area contributed by atoms with E-state index in [2.05, 4.69) is 37.2 Å². The molecule has 5 rings (SSSR count). The van der Waals surface area contributed by atoms with Crippen LogP contribution in [0.3, 0.4) is 0 Å². The van der Waals surface area contributed by atoms with Crippen molar-refractivity contribution in [2.75, 3.05) is 12.3 Å². The predicted octanol–water partition coefficient (Wildman–Crippen LogP) is 2.77. The van der Waals surface area contributed by atoms with Crippen LogP contribution in [0.15, 0.2) is 58.3 Å². The van der Waals surface area contributed by atoms with Crippen molar-refractivity contribution in [3.8, 4) is 22.8 Å². The Morgan fingerprint density at radius 1 is 1.18 bits per heavy atom. The Morgan fingerprint density at radius 2 is 2.00 bits per heavy atom. The van der Waals surface area contributed by atoms with Gasteiger partial charge in [0.25, 0.3) is 5.91 Å². The molecule has 0 bridgehead atoms. The molecule has 2 heterocycles. The molecule has 0 radical (unpaired) electrons. The minimum absolute atomic E-state index is 0.0174. The number of aryl methyl sites for hydroxylation is 1. The van der Waals surface area contributed by atoms with Crippen LogP contribution in [-0.2, 0) is 6.42 Å². The summed E-state index contributed by atoms with van der Waals surface area (Å²) in [6, 6.07) is 15.2. The number of nitrogens with one attached hydrogen (secondary N) is 1. The van der Waals surface area contributed by atoms with Gasteiger partial charge in [0.15, 0.2) is 5.69 Å². The molecule has 2 aromatic heterocycles. The highest BCUT2D eigenvalue weighted by Crippen LogP contribution is 2.28. The summed E-state index contributed by atoms with van der Waals surface area (Å²) in [7, 11) is 0. The Bertz CT molecular complexity index is 1360. The Balaban J connectivity index is 1.49. The second kappa shape index (κ2) is 9.14. The first-order valence-corrected chi connectivity index (χ1v) is 10.9. The average Bonchev–Trinajstić information content (AvgIpc) is 3.59. The lowest BCUT2D eigenvalue weighted by atomic mass is 10.1. The van der Waals surface area contributed by atoms with E-state index in [9.17, 15) is 4.79 Å². The van der Waals surface area contributed by atoms with Crippen molar-refractivity contribution >= 4 is 17.4 Å². The van der Waals surface area contributed by atoms with E-state index in [1.807, 2.05) is 37.3 Å². The Hall–Kier alpha value is -4.54. The zero-order valence-electron chi connectivity index (χ0n) is 18.4. The molecule has 34 heavy (non-hydrogen) atoms. The maximum absolute atomic E-state index is 13.1. The van der Waals surface area contributed by atoms with E-state index in [0.717, 1.165) is 30.5 Å². The molecule has 0 aliphatic heterocycles. The lowest BCUT2D eigenvalue weighted by Gasteiger charge is -2.08. The fraction of sp³-hybridized carbons (Fsp3) is 0.217. The van der Waals surface area contributed by atoms with Crippen LogP contribution in [0.1, 0.15) is 41.4 Å². The van der Waals surface area contributed by atoms with Crippen molar-refractivity contribution in [1.29, 1.82) is 0 Å². The number of nitrogens with zero attached hydrogens (tertiary/aromatic N) is 6. The summed E-state index contributed by atoms with van der Waals surface area (Å²) < 4.78 is 11.7. The molecule has 3 N–H and O–H groups in total. The van der Waals surface area contributed by atoms with Gasteiger partial charge in [-0.15, -0.1) is 5.10 Å². The molecule has 172 valence electrons. The zero-order valence-corrected chi connectivity index (χ0v) is 18.4. The number of hydrogen-bond acceptors (Lipinski definition) is 9. The Kier molecular flexibility index (Phi) is 5.73. The van der Waals surface area contributed by atoms with Crippen LogP contribution in [0.2, 0.25) is 0 Å². The van der Waals surface area contributed by atoms with E-state index in [4.69, 9.17) is 15.1 Å². The molecule has 2 aromatic carbocycles. The molecule has 11 nitrogen and oxygen atoms in total. The number of amides is 1. The third-order valence-corrected chi connectivity index (χ3v) is 5.43. The highest BCUT2D eigenvalue weighted by atomic mass is 16.6. The van der Waals surface area contributed by atoms with Gasteiger partial charge in [-0.1, -0.05) is 36.4 Å². The minimum Gasteiger partial charge on any atom is -0.494 e. The monoisotopic (exact) mass is 458 g/mol. The molecular weight excluding hydrogens is 436 g/mol. The number of nitrogen functional groups attached to an aromatic ring is 1. The normalized spacial score (nSPS) is 13.7. The number of aromatic nitrogens is 5. The number of hydrogen-bond donors (Lipinski definition) is 2. The van der Waals surface area contributed by atoms with E-state index in [1.165, 1.54) is 10.2 Å². The maximum Gasteiger partial charge on any atom is 0.294 e. The topological polar surface area (TPSA) is 146 Å². The third kappa shape index (κ3) is 3.98. The van der Waals surface area contributed by atoms with Gasteiger partial charge in [-0.25, -0.2) is 10.1 Å². The fourth-order valence-corrected chi connectivity index (χ4v) is 3.80. The van der Waals surface area contributed by atoms with Gasteiger partial charge >= 0.3 is 0 Å². The first-order valence-electron chi connectivity index (χ1n) is 10.9. The van der Waals surface area contributed by atoms with Crippen LogP contribution in [-0.4, -0.2) is 43.5 Å². The van der Waals surface area contributed by atoms with Crippen LogP contribution in [0.5, 0.6) is 5.75 Å². The summed E-state index contributed by atoms with van der Waals surface area (Å²) in [6.45, 7) is 2.64. The number of ether oxygens (including phenoxy) is 1. The van der Waals surface area contributed by atoms with Crippen LogP contribution in [0.4, 0.5) is 5.82 Å². The number of anilines is 1. The standard InChI is InChI=1S/C23H22N8O3/c1-2-13-33-16-10-7-15(8-11-16)20-19(26-30-31(20)22-21(24)28-34-29-22)23(32)27-25-18-12-9-14-5-3-4-6-17(14)18/h3-8,10-11H,2,9,12-13H2,1H3,(H2,24,28)(H,27,32). The molecule has 4 aromatic rings. The van der Waals surface area contributed by atoms with Gasteiger partial charge in [0.05, 0.1) is 12.3 Å². The SMILES string of the molecule is CCCOc1ccc(-c2c(C(=O)NN=C3CCc4ccccc43)nnn2-c2nonc2N)cc1. The summed E-state index contributed by atoms with van der Waals surface area (Å²) in [5.41, 5.74) is 12.6. The number of rotatable bonds is 7. The third-order valence-electron chi connectivity index (χ3n) is 5.43. The fourth-order valence-electron chi connectivity index (χ4n) is 3.80. The van der Waals surface area contributed by atoms with Gasteiger partial charge in [0.2, 0.25) is 11.6 Å². The zero-order chi connectivity index (χ0) is 23.5. The second-order valence-corrected chi connectivity index (χ2v) is 7.70. The minimum atomic E-state index is -0.514. The van der Waals surface area contributed by atoms with Crippen LogP contribution in [0, 0.1) is 0 Å². The average molecular weight is 458 g/mol. The number of hydrazone groups is 1. The summed E-state index contributed by atoms with van der Waals surface area (Å²) in [6.07, 6.45) is 2.53. The number of carbonyl (C=O) groups is 1. The van der Waals surface area contributed by atoms with E-state index >= 15 is 0 Å². The van der Waals surface area contributed by atoms with Crippen molar-refractivity contribution in [2.45, 2.75) is 26.2 Å². The lowest BCUT2D eigenvalue weighted by Crippen LogP contribution is -2.21. The van der Waals surface area contributed by atoms with Crippen molar-refractivity contribution in [3.05, 3.63) is 65.4 Å². The molecule has 1 aliphatic rings. The lowest BCUT2D eigenvalue weighted by molar-refractivity contribution is 0.0950. The number of fused-ring (bicyclic) bond motifs is 1. The van der Waals surface area contributed by atoms with Crippen molar-refractivity contribution < 1.29 is 14.2 Å². The van der Waals surface area contributed by atoms with E-state index < -0.39 is 5.91 Å². The maximum atomic E-state index is 13.1. The van der Waals surface area contributed by atoms with Gasteiger partial charge in [-0.2, -0.15) is 9.78 Å². The molecule has 0 saturated carbocycles. The van der Waals surface area contributed by atoms with Crippen molar-refractivity contribution in [2.24, 2.45) is 5.10 Å². The van der Waals surface area contributed by atoms with Gasteiger partial charge in [-0.05, 0) is 59.4 Å². The second-order valence-electron chi connectivity index (χ2n) is 7.70. The number of carbonyl (C=O) groups excluding carboxylic acids is 1. The molecule has 0 saturated heterocycles. The molecule has 0 spiro atoms.